The van der Waals surface area contributed by atoms with Crippen molar-refractivity contribution in [2.75, 3.05) is 25.1 Å². The number of ether oxygens (including phenoxy) is 1. The third kappa shape index (κ3) is 2.93. The van der Waals surface area contributed by atoms with Crippen LogP contribution in [0, 0.1) is 0 Å². The van der Waals surface area contributed by atoms with E-state index in [2.05, 4.69) is 30.8 Å². The minimum absolute atomic E-state index is 0.182. The molecule has 2 bridgehead atoms. The average molecular weight is 377 g/mol. The summed E-state index contributed by atoms with van der Waals surface area (Å²) in [5, 5.41) is 0. The SMILES string of the molecule is [2H]C([2H])(c1ccc(OC)nc1)N1C2CC1CN(c1ccc(Br)cn1)C2. The van der Waals surface area contributed by atoms with Gasteiger partial charge >= 0.3 is 0 Å². The molecule has 3 fully saturated rings. The smallest absolute Gasteiger partial charge is 0.212 e. The first-order chi connectivity index (χ1) is 12.0. The largest absolute Gasteiger partial charge is 0.481 e. The highest BCUT2D eigenvalue weighted by Gasteiger charge is 2.44. The van der Waals surface area contributed by atoms with Crippen molar-refractivity contribution in [2.45, 2.75) is 25.0 Å². The quantitative estimate of drug-likeness (QED) is 0.820. The van der Waals surface area contributed by atoms with Crippen LogP contribution in [0.25, 0.3) is 0 Å². The van der Waals surface area contributed by atoms with Gasteiger partial charge in [-0.3, -0.25) is 4.90 Å². The molecule has 0 saturated carbocycles. The Kier molecular flexibility index (Phi) is 3.37. The standard InChI is InChI=1S/C17H19BrN4O/c1-23-17-5-2-12(7-20-17)9-22-14-6-15(22)11-21(10-14)16-4-3-13(18)8-19-16/h2-5,7-8,14-15H,6,9-11H2,1H3/i9D2. The van der Waals surface area contributed by atoms with Gasteiger partial charge in [0.25, 0.3) is 0 Å². The van der Waals surface area contributed by atoms with E-state index >= 15 is 0 Å². The van der Waals surface area contributed by atoms with Crippen molar-refractivity contribution in [1.82, 2.24) is 14.9 Å². The molecule has 2 atom stereocenters. The summed E-state index contributed by atoms with van der Waals surface area (Å²) in [6, 6.07) is 7.82. The predicted molar refractivity (Wildman–Crippen MR) is 92.7 cm³/mol. The lowest BCUT2D eigenvalue weighted by molar-refractivity contribution is -0.00877. The lowest BCUT2D eigenvalue weighted by Crippen LogP contribution is -2.68. The molecule has 0 amide bonds. The van der Waals surface area contributed by atoms with Gasteiger partial charge in [0.05, 0.1) is 7.11 Å². The molecule has 0 aliphatic carbocycles. The molecule has 3 aliphatic heterocycles. The van der Waals surface area contributed by atoms with Crippen molar-refractivity contribution in [3.63, 3.8) is 0 Å². The maximum atomic E-state index is 8.62. The molecule has 6 heteroatoms. The zero-order valence-electron chi connectivity index (χ0n) is 14.8. The van der Waals surface area contributed by atoms with E-state index in [1.165, 1.54) is 0 Å². The van der Waals surface area contributed by atoms with Crippen molar-refractivity contribution in [1.29, 1.82) is 0 Å². The highest BCUT2D eigenvalue weighted by molar-refractivity contribution is 9.10. The number of anilines is 1. The predicted octanol–water partition coefficient (Wildman–Crippen LogP) is 2.71. The van der Waals surface area contributed by atoms with E-state index < -0.39 is 6.50 Å². The summed E-state index contributed by atoms with van der Waals surface area (Å²) in [4.78, 5) is 12.8. The van der Waals surface area contributed by atoms with Gasteiger partial charge in [-0.1, -0.05) is 6.07 Å². The molecular formula is C17H19BrN4O. The van der Waals surface area contributed by atoms with Crippen molar-refractivity contribution < 1.29 is 7.48 Å². The summed E-state index contributed by atoms with van der Waals surface area (Å²) in [6.45, 7) is 0.0363. The number of aromatic nitrogens is 2. The van der Waals surface area contributed by atoms with Gasteiger partial charge in [-0.05, 0) is 40.0 Å². The number of pyridine rings is 2. The fraction of sp³-hybridized carbons (Fsp3) is 0.412. The lowest BCUT2D eigenvalue weighted by Gasteiger charge is -2.56. The van der Waals surface area contributed by atoms with Crippen LogP contribution in [-0.4, -0.2) is 47.2 Å². The topological polar surface area (TPSA) is 41.5 Å². The van der Waals surface area contributed by atoms with E-state index in [1.807, 2.05) is 17.0 Å². The Bertz CT molecular complexity index is 744. The normalized spacial score (nSPS) is 25.4. The van der Waals surface area contributed by atoms with Crippen molar-refractivity contribution >= 4 is 21.7 Å². The number of piperidine rings is 1. The fourth-order valence-corrected chi connectivity index (χ4v) is 3.49. The number of methoxy groups -OCH3 is 1. The van der Waals surface area contributed by atoms with Gasteiger partial charge in [0.2, 0.25) is 5.88 Å². The minimum atomic E-state index is -1.54. The van der Waals surface area contributed by atoms with Gasteiger partial charge in [0.15, 0.2) is 0 Å². The first-order valence-corrected chi connectivity index (χ1v) is 8.44. The molecule has 5 rings (SSSR count). The number of hydrogen-bond donors (Lipinski definition) is 0. The molecule has 0 N–H and O–H groups in total. The molecule has 0 aromatic carbocycles. The van der Waals surface area contributed by atoms with Crippen LogP contribution in [0.5, 0.6) is 5.88 Å². The van der Waals surface area contributed by atoms with Crippen LogP contribution < -0.4 is 9.64 Å². The summed E-state index contributed by atoms with van der Waals surface area (Å²) >= 11 is 3.41. The average Bonchev–Trinajstić information content (AvgIpc) is 2.62. The Labute approximate surface area is 147 Å². The molecular weight excluding hydrogens is 356 g/mol. The Morgan fingerprint density at radius 2 is 2.04 bits per heavy atom. The highest BCUT2D eigenvalue weighted by atomic mass is 79.9. The molecule has 0 spiro atoms. The molecule has 3 aliphatic rings. The highest BCUT2D eigenvalue weighted by Crippen LogP contribution is 2.35. The van der Waals surface area contributed by atoms with Crippen molar-refractivity contribution in [3.8, 4) is 5.88 Å². The monoisotopic (exact) mass is 376 g/mol. The van der Waals surface area contributed by atoms with Crippen LogP contribution in [0.1, 0.15) is 14.7 Å². The minimum Gasteiger partial charge on any atom is -0.481 e. The second-order valence-corrected chi connectivity index (χ2v) is 6.81. The molecule has 23 heavy (non-hydrogen) atoms. The van der Waals surface area contributed by atoms with Gasteiger partial charge in [-0.2, -0.15) is 0 Å². The summed E-state index contributed by atoms with van der Waals surface area (Å²) in [5.74, 6) is 1.44. The van der Waals surface area contributed by atoms with Gasteiger partial charge < -0.3 is 9.64 Å². The first-order valence-electron chi connectivity index (χ1n) is 8.64. The third-order valence-corrected chi connectivity index (χ3v) is 4.90. The maximum absolute atomic E-state index is 8.62. The van der Waals surface area contributed by atoms with Gasteiger partial charge in [0, 0.05) is 57.3 Å². The number of nitrogens with zero attached hydrogens (tertiary/aromatic N) is 4. The molecule has 3 saturated heterocycles. The molecule has 0 radical (unpaired) electrons. The number of hydrogen-bond acceptors (Lipinski definition) is 5. The Balaban J connectivity index is 1.50. The maximum Gasteiger partial charge on any atom is 0.212 e. The number of fused-ring (bicyclic) bond motifs is 2. The van der Waals surface area contributed by atoms with Crippen molar-refractivity contribution in [3.05, 3.63) is 46.7 Å². The van der Waals surface area contributed by atoms with E-state index in [0.29, 0.717) is 11.4 Å². The molecule has 2 unspecified atom stereocenters. The summed E-state index contributed by atoms with van der Waals surface area (Å²) in [7, 11) is 1.56. The molecule has 2 aromatic heterocycles. The Morgan fingerprint density at radius 3 is 2.65 bits per heavy atom. The van der Waals surface area contributed by atoms with Crippen LogP contribution in [0.2, 0.25) is 0 Å². The Hall–Kier alpha value is -1.66. The number of piperazine rings is 1. The molecule has 5 heterocycles. The first kappa shape index (κ1) is 12.7. The van der Waals surface area contributed by atoms with E-state index in [9.17, 15) is 0 Å². The third-order valence-electron chi connectivity index (χ3n) is 4.43. The zero-order valence-corrected chi connectivity index (χ0v) is 14.4. The van der Waals surface area contributed by atoms with E-state index in [1.54, 1.807) is 31.6 Å². The van der Waals surface area contributed by atoms with Crippen LogP contribution >= 0.6 is 15.9 Å². The lowest BCUT2D eigenvalue weighted by atomic mass is 9.87. The van der Waals surface area contributed by atoms with Crippen LogP contribution in [0.15, 0.2) is 41.1 Å². The van der Waals surface area contributed by atoms with Crippen LogP contribution in [0.4, 0.5) is 5.82 Å². The van der Waals surface area contributed by atoms with Crippen LogP contribution in [0.3, 0.4) is 0 Å². The molecule has 2 aromatic rings. The second-order valence-electron chi connectivity index (χ2n) is 5.89. The summed E-state index contributed by atoms with van der Waals surface area (Å²) in [6.07, 6.45) is 4.40. The van der Waals surface area contributed by atoms with E-state index in [4.69, 9.17) is 7.48 Å². The van der Waals surface area contributed by atoms with Gasteiger partial charge in [0.1, 0.15) is 5.82 Å². The second kappa shape index (κ2) is 6.09. The van der Waals surface area contributed by atoms with Crippen LogP contribution in [-0.2, 0) is 6.50 Å². The number of rotatable bonds is 4. The number of halogens is 1. The molecule has 120 valence electrons. The zero-order chi connectivity index (χ0) is 17.6. The van der Waals surface area contributed by atoms with Gasteiger partial charge in [-0.15, -0.1) is 0 Å². The van der Waals surface area contributed by atoms with Gasteiger partial charge in [-0.25, -0.2) is 9.97 Å². The van der Waals surface area contributed by atoms with E-state index in [0.717, 1.165) is 29.8 Å². The summed E-state index contributed by atoms with van der Waals surface area (Å²) < 4.78 is 23.3. The molecule has 5 nitrogen and oxygen atoms in total. The van der Waals surface area contributed by atoms with E-state index in [-0.39, 0.29) is 12.1 Å². The summed E-state index contributed by atoms with van der Waals surface area (Å²) in [5.41, 5.74) is 0.568. The van der Waals surface area contributed by atoms with Crippen molar-refractivity contribution in [2.24, 2.45) is 0 Å². The fourth-order valence-electron chi connectivity index (χ4n) is 3.25. The Morgan fingerprint density at radius 1 is 1.22 bits per heavy atom.